The number of carbonyl (C=O) groups is 1. The highest BCUT2D eigenvalue weighted by atomic mass is 16.1. The fraction of sp³-hybridized carbons (Fsp3) is 0.200. The maximum absolute atomic E-state index is 11.8. The quantitative estimate of drug-likeness (QED) is 0.866. The molecule has 2 aromatic heterocycles. The first kappa shape index (κ1) is 13.9. The van der Waals surface area contributed by atoms with Crippen LogP contribution in [-0.4, -0.2) is 22.0 Å². The van der Waals surface area contributed by atoms with Crippen molar-refractivity contribution in [3.8, 4) is 11.1 Å². The number of aliphatic imine (C=N–C) groups is 1. The third kappa shape index (κ3) is 3.26. The summed E-state index contributed by atoms with van der Waals surface area (Å²) in [4.78, 5) is 33.5. The number of aromatic nitrogens is 2. The van der Waals surface area contributed by atoms with Crippen LogP contribution in [0.2, 0.25) is 0 Å². The molecular weight excluding hydrogens is 254 g/mol. The Hall–Kier alpha value is -2.56. The summed E-state index contributed by atoms with van der Waals surface area (Å²) in [6.07, 6.45) is 5.06. The van der Waals surface area contributed by atoms with Crippen molar-refractivity contribution in [2.45, 2.75) is 20.3 Å². The molecule has 1 N–H and O–H groups in total. The van der Waals surface area contributed by atoms with E-state index < -0.39 is 0 Å². The molecule has 0 saturated heterocycles. The molecule has 0 spiro atoms. The first-order valence-electron chi connectivity index (χ1n) is 6.24. The van der Waals surface area contributed by atoms with Gasteiger partial charge in [0.2, 0.25) is 0 Å². The first-order chi connectivity index (χ1) is 9.58. The standard InChI is InChI=1S/C15H15N3O2/c1-10(19)3-8-17-14-9-13(11(2)18-15(14)20)12-4-6-16-7-5-12/h4-9H,3H2,1-2H3,(H,18,20). The molecule has 0 aromatic carbocycles. The maximum atomic E-state index is 11.8. The van der Waals surface area contributed by atoms with Crippen LogP contribution in [0.3, 0.4) is 0 Å². The number of nitrogens with one attached hydrogen (secondary N) is 1. The van der Waals surface area contributed by atoms with Crippen LogP contribution in [0.4, 0.5) is 5.69 Å². The molecule has 5 heteroatoms. The minimum absolute atomic E-state index is 0.00616. The summed E-state index contributed by atoms with van der Waals surface area (Å²) >= 11 is 0. The number of pyridine rings is 2. The van der Waals surface area contributed by atoms with Crippen LogP contribution in [0.25, 0.3) is 11.1 Å². The van der Waals surface area contributed by atoms with Crippen LogP contribution in [0, 0.1) is 6.92 Å². The van der Waals surface area contributed by atoms with Gasteiger partial charge in [-0.25, -0.2) is 0 Å². The molecule has 0 aliphatic carbocycles. The molecule has 0 atom stereocenters. The number of ketones is 1. The second-order valence-corrected chi connectivity index (χ2v) is 4.48. The lowest BCUT2D eigenvalue weighted by Gasteiger charge is -2.06. The van der Waals surface area contributed by atoms with Crippen LogP contribution < -0.4 is 5.56 Å². The number of hydrogen-bond donors (Lipinski definition) is 1. The van der Waals surface area contributed by atoms with Crippen molar-refractivity contribution in [1.29, 1.82) is 0 Å². The minimum Gasteiger partial charge on any atom is -0.324 e. The number of carbonyl (C=O) groups excluding carboxylic acids is 1. The van der Waals surface area contributed by atoms with Gasteiger partial charge in [0.05, 0.1) is 0 Å². The average molecular weight is 269 g/mol. The predicted molar refractivity (Wildman–Crippen MR) is 78.5 cm³/mol. The lowest BCUT2D eigenvalue weighted by atomic mass is 10.1. The zero-order valence-corrected chi connectivity index (χ0v) is 11.4. The number of aryl methyl sites for hydroxylation is 1. The highest BCUT2D eigenvalue weighted by Gasteiger charge is 2.06. The highest BCUT2D eigenvalue weighted by Crippen LogP contribution is 2.23. The summed E-state index contributed by atoms with van der Waals surface area (Å²) in [7, 11) is 0. The fourth-order valence-corrected chi connectivity index (χ4v) is 1.81. The number of aromatic amines is 1. The summed E-state index contributed by atoms with van der Waals surface area (Å²) in [5.74, 6) is 0.00616. The molecule has 2 heterocycles. The average Bonchev–Trinajstić information content (AvgIpc) is 2.42. The van der Waals surface area contributed by atoms with Crippen molar-refractivity contribution in [2.24, 2.45) is 4.99 Å². The van der Waals surface area contributed by atoms with Gasteiger partial charge in [-0.3, -0.25) is 19.6 Å². The molecule has 5 nitrogen and oxygen atoms in total. The molecule has 20 heavy (non-hydrogen) atoms. The lowest BCUT2D eigenvalue weighted by molar-refractivity contribution is -0.115. The zero-order valence-electron chi connectivity index (χ0n) is 11.4. The SMILES string of the molecule is CC(=O)CC=Nc1cc(-c2ccncc2)c(C)[nH]c1=O. The Kier molecular flexibility index (Phi) is 4.20. The molecule has 0 unspecified atom stereocenters. The topological polar surface area (TPSA) is 75.2 Å². The Morgan fingerprint density at radius 2 is 2.10 bits per heavy atom. The maximum Gasteiger partial charge on any atom is 0.274 e. The van der Waals surface area contributed by atoms with Crippen molar-refractivity contribution in [3.63, 3.8) is 0 Å². The molecule has 0 bridgehead atoms. The van der Waals surface area contributed by atoms with E-state index in [9.17, 15) is 9.59 Å². The number of hydrogen-bond acceptors (Lipinski definition) is 4. The van der Waals surface area contributed by atoms with E-state index in [1.807, 2.05) is 19.1 Å². The van der Waals surface area contributed by atoms with E-state index in [0.29, 0.717) is 5.69 Å². The molecule has 0 amide bonds. The fourth-order valence-electron chi connectivity index (χ4n) is 1.81. The van der Waals surface area contributed by atoms with Crippen LogP contribution >= 0.6 is 0 Å². The highest BCUT2D eigenvalue weighted by molar-refractivity contribution is 5.90. The number of nitrogens with zero attached hydrogens (tertiary/aromatic N) is 2. The molecule has 0 radical (unpaired) electrons. The third-order valence-electron chi connectivity index (χ3n) is 2.82. The van der Waals surface area contributed by atoms with E-state index in [2.05, 4.69) is 15.0 Å². The van der Waals surface area contributed by atoms with Crippen molar-refractivity contribution in [2.75, 3.05) is 0 Å². The molecule has 0 saturated carbocycles. The summed E-state index contributed by atoms with van der Waals surface area (Å²) in [6, 6.07) is 5.45. The van der Waals surface area contributed by atoms with Crippen LogP contribution in [0.1, 0.15) is 19.0 Å². The van der Waals surface area contributed by atoms with Crippen LogP contribution in [0.5, 0.6) is 0 Å². The molecule has 0 fully saturated rings. The zero-order chi connectivity index (χ0) is 14.5. The van der Waals surface area contributed by atoms with E-state index in [-0.39, 0.29) is 17.8 Å². The monoisotopic (exact) mass is 269 g/mol. The van der Waals surface area contributed by atoms with E-state index in [1.54, 1.807) is 18.5 Å². The normalized spacial score (nSPS) is 10.9. The number of Topliss-reactive ketones (excluding diaryl/α,β-unsaturated/α-hetero) is 1. The molecule has 102 valence electrons. The number of rotatable bonds is 4. The second-order valence-electron chi connectivity index (χ2n) is 4.48. The van der Waals surface area contributed by atoms with Crippen molar-refractivity contribution in [3.05, 3.63) is 46.6 Å². The van der Waals surface area contributed by atoms with Gasteiger partial charge in [-0.1, -0.05) is 0 Å². The van der Waals surface area contributed by atoms with E-state index >= 15 is 0 Å². The van der Waals surface area contributed by atoms with Gasteiger partial charge < -0.3 is 4.98 Å². The Morgan fingerprint density at radius 3 is 2.75 bits per heavy atom. The minimum atomic E-state index is -0.264. The van der Waals surface area contributed by atoms with Gasteiger partial charge >= 0.3 is 0 Å². The molecule has 2 rings (SSSR count). The molecular formula is C15H15N3O2. The van der Waals surface area contributed by atoms with Gasteiger partial charge in [-0.05, 0) is 37.6 Å². The third-order valence-corrected chi connectivity index (χ3v) is 2.82. The van der Waals surface area contributed by atoms with Gasteiger partial charge in [-0.15, -0.1) is 0 Å². The van der Waals surface area contributed by atoms with E-state index in [1.165, 1.54) is 13.1 Å². The van der Waals surface area contributed by atoms with E-state index in [0.717, 1.165) is 16.8 Å². The van der Waals surface area contributed by atoms with Crippen LogP contribution in [-0.2, 0) is 4.79 Å². The summed E-state index contributed by atoms with van der Waals surface area (Å²) in [6.45, 7) is 3.31. The van der Waals surface area contributed by atoms with Gasteiger partial charge in [-0.2, -0.15) is 0 Å². The molecule has 0 aliphatic rings. The summed E-state index contributed by atoms with van der Waals surface area (Å²) < 4.78 is 0. The Morgan fingerprint density at radius 1 is 1.40 bits per heavy atom. The van der Waals surface area contributed by atoms with Gasteiger partial charge in [0, 0.05) is 36.3 Å². The predicted octanol–water partition coefficient (Wildman–Crippen LogP) is 2.43. The second kappa shape index (κ2) is 6.06. The smallest absolute Gasteiger partial charge is 0.274 e. The van der Waals surface area contributed by atoms with E-state index in [4.69, 9.17) is 0 Å². The largest absolute Gasteiger partial charge is 0.324 e. The molecule has 2 aromatic rings. The summed E-state index contributed by atoms with van der Waals surface area (Å²) in [5, 5.41) is 0. The van der Waals surface area contributed by atoms with Crippen LogP contribution in [0.15, 0.2) is 40.4 Å². The van der Waals surface area contributed by atoms with Crippen molar-refractivity contribution in [1.82, 2.24) is 9.97 Å². The Labute approximate surface area is 116 Å². The Bertz CT molecular complexity index is 703. The van der Waals surface area contributed by atoms with Gasteiger partial charge in [0.15, 0.2) is 0 Å². The van der Waals surface area contributed by atoms with Crippen molar-refractivity contribution < 1.29 is 4.79 Å². The first-order valence-corrected chi connectivity index (χ1v) is 6.24. The number of H-pyrrole nitrogens is 1. The van der Waals surface area contributed by atoms with Gasteiger partial charge in [0.1, 0.15) is 11.5 Å². The summed E-state index contributed by atoms with van der Waals surface area (Å²) in [5.41, 5.74) is 2.65. The molecule has 0 aliphatic heterocycles. The Balaban J connectivity index is 2.43. The van der Waals surface area contributed by atoms with Gasteiger partial charge in [0.25, 0.3) is 5.56 Å². The van der Waals surface area contributed by atoms with Crippen molar-refractivity contribution >= 4 is 17.7 Å². The lowest BCUT2D eigenvalue weighted by Crippen LogP contribution is -2.08.